The maximum Gasteiger partial charge on any atom is 0.340 e. The summed E-state index contributed by atoms with van der Waals surface area (Å²) in [5.41, 5.74) is 2.87. The molecule has 1 heterocycles. The van der Waals surface area contributed by atoms with E-state index in [0.717, 1.165) is 6.42 Å². The molecule has 0 bridgehead atoms. The highest BCUT2D eigenvalue weighted by Gasteiger charge is 2.17. The van der Waals surface area contributed by atoms with Crippen LogP contribution in [0.3, 0.4) is 0 Å². The molecule has 1 aromatic heterocycles. The van der Waals surface area contributed by atoms with Crippen LogP contribution >= 0.6 is 0 Å². The van der Waals surface area contributed by atoms with E-state index in [2.05, 4.69) is 12.2 Å². The molecule has 3 aromatic rings. The molecule has 0 unspecified atom stereocenters. The average molecular weight is 394 g/mol. The molecule has 150 valence electrons. The van der Waals surface area contributed by atoms with E-state index in [1.165, 1.54) is 12.7 Å². The molecule has 3 rings (SSSR count). The van der Waals surface area contributed by atoms with Crippen LogP contribution in [-0.2, 0) is 32.0 Å². The number of ether oxygens (including phenoxy) is 2. The molecular formula is C22H22N2O5. The van der Waals surface area contributed by atoms with E-state index >= 15 is 0 Å². The number of nitrogens with one attached hydrogen (secondary N) is 1. The van der Waals surface area contributed by atoms with Gasteiger partial charge in [0.05, 0.1) is 12.7 Å². The molecule has 0 aliphatic rings. The molecule has 1 amide bonds. The Kier molecular flexibility index (Phi) is 6.29. The summed E-state index contributed by atoms with van der Waals surface area (Å²) >= 11 is 0. The van der Waals surface area contributed by atoms with Crippen LogP contribution in [0.5, 0.6) is 0 Å². The molecular weight excluding hydrogens is 372 g/mol. The van der Waals surface area contributed by atoms with Crippen molar-refractivity contribution in [2.75, 3.05) is 19.0 Å². The highest BCUT2D eigenvalue weighted by Crippen LogP contribution is 2.22. The van der Waals surface area contributed by atoms with E-state index < -0.39 is 24.5 Å². The summed E-state index contributed by atoms with van der Waals surface area (Å²) in [6, 6.07) is 14.6. The molecule has 0 radical (unpaired) electrons. The second-order valence-electron chi connectivity index (χ2n) is 6.44. The molecule has 7 nitrogen and oxygen atoms in total. The van der Waals surface area contributed by atoms with Crippen molar-refractivity contribution in [2.24, 2.45) is 0 Å². The first-order valence-electron chi connectivity index (χ1n) is 9.22. The maximum absolute atomic E-state index is 12.2. The van der Waals surface area contributed by atoms with Gasteiger partial charge in [0.2, 0.25) is 0 Å². The number of aryl methyl sites for hydroxylation is 1. The number of anilines is 1. The Morgan fingerprint density at radius 3 is 2.45 bits per heavy atom. The Morgan fingerprint density at radius 1 is 1.03 bits per heavy atom. The number of aromatic nitrogens is 1. The highest BCUT2D eigenvalue weighted by molar-refractivity contribution is 6.04. The van der Waals surface area contributed by atoms with Crippen molar-refractivity contribution in [2.45, 2.75) is 19.9 Å². The Hall–Kier alpha value is -3.61. The fourth-order valence-corrected chi connectivity index (χ4v) is 3.00. The molecule has 0 aliphatic heterocycles. The molecule has 0 saturated carbocycles. The lowest BCUT2D eigenvalue weighted by atomic mass is 10.1. The van der Waals surface area contributed by atoms with Crippen molar-refractivity contribution in [3.8, 4) is 0 Å². The predicted octanol–water partition coefficient (Wildman–Crippen LogP) is 3.17. The minimum atomic E-state index is -0.585. The van der Waals surface area contributed by atoms with Crippen LogP contribution in [0.15, 0.2) is 54.7 Å². The molecule has 7 heteroatoms. The van der Waals surface area contributed by atoms with Crippen LogP contribution in [0, 0.1) is 0 Å². The largest absolute Gasteiger partial charge is 0.465 e. The number of carbonyl (C=O) groups excluding carboxylic acids is 3. The predicted molar refractivity (Wildman–Crippen MR) is 109 cm³/mol. The van der Waals surface area contributed by atoms with Crippen LogP contribution in [0.4, 0.5) is 5.69 Å². The lowest BCUT2D eigenvalue weighted by Crippen LogP contribution is -2.22. The van der Waals surface area contributed by atoms with Gasteiger partial charge < -0.3 is 19.4 Å². The molecule has 0 spiro atoms. The average Bonchev–Trinajstić information content (AvgIpc) is 3.11. The molecule has 1 N–H and O–H groups in total. The summed E-state index contributed by atoms with van der Waals surface area (Å²) in [7, 11) is 1.30. The third kappa shape index (κ3) is 4.82. The van der Waals surface area contributed by atoms with E-state index in [1.54, 1.807) is 41.1 Å². The van der Waals surface area contributed by atoms with Gasteiger partial charge in [-0.25, -0.2) is 4.79 Å². The van der Waals surface area contributed by atoms with Crippen LogP contribution in [0.25, 0.3) is 10.9 Å². The zero-order chi connectivity index (χ0) is 20.8. The fraction of sp³-hybridized carbons (Fsp3) is 0.227. The first-order chi connectivity index (χ1) is 14.0. The minimum Gasteiger partial charge on any atom is -0.465 e. The van der Waals surface area contributed by atoms with Gasteiger partial charge in [-0.3, -0.25) is 9.59 Å². The normalized spacial score (nSPS) is 10.6. The number of benzene rings is 2. The van der Waals surface area contributed by atoms with Gasteiger partial charge in [0.25, 0.3) is 5.91 Å². The molecule has 2 aromatic carbocycles. The van der Waals surface area contributed by atoms with Gasteiger partial charge in [-0.05, 0) is 30.2 Å². The lowest BCUT2D eigenvalue weighted by molar-refractivity contribution is -0.147. The summed E-state index contributed by atoms with van der Waals surface area (Å²) in [6.45, 7) is 1.53. The van der Waals surface area contributed by atoms with Crippen molar-refractivity contribution in [1.82, 2.24) is 4.57 Å². The Labute approximate surface area is 168 Å². The van der Waals surface area contributed by atoms with Crippen molar-refractivity contribution in [1.29, 1.82) is 0 Å². The number of rotatable bonds is 7. The third-order valence-electron chi connectivity index (χ3n) is 4.50. The SMILES string of the molecule is CCc1ccc(NC(=O)COC(=O)Cn2cc(C(=O)OC)c3ccccc32)cc1. The second kappa shape index (κ2) is 9.05. The second-order valence-corrected chi connectivity index (χ2v) is 6.44. The third-order valence-corrected chi connectivity index (χ3v) is 4.50. The molecule has 0 saturated heterocycles. The first kappa shape index (κ1) is 20.1. The van der Waals surface area contributed by atoms with Gasteiger partial charge in [0, 0.05) is 22.8 Å². The molecule has 0 fully saturated rings. The fourth-order valence-electron chi connectivity index (χ4n) is 3.00. The Balaban J connectivity index is 1.60. The number of nitrogens with zero attached hydrogens (tertiary/aromatic N) is 1. The quantitative estimate of drug-likeness (QED) is 0.622. The summed E-state index contributed by atoms with van der Waals surface area (Å²) < 4.78 is 11.5. The Morgan fingerprint density at radius 2 is 1.76 bits per heavy atom. The number of fused-ring (bicyclic) bond motifs is 1. The summed E-state index contributed by atoms with van der Waals surface area (Å²) in [6.07, 6.45) is 2.46. The summed E-state index contributed by atoms with van der Waals surface area (Å²) in [4.78, 5) is 36.2. The number of para-hydroxylation sites is 1. The number of hydrogen-bond donors (Lipinski definition) is 1. The van der Waals surface area contributed by atoms with Gasteiger partial charge in [-0.2, -0.15) is 0 Å². The number of methoxy groups -OCH3 is 1. The topological polar surface area (TPSA) is 86.6 Å². The van der Waals surface area contributed by atoms with Crippen molar-refractivity contribution in [3.63, 3.8) is 0 Å². The van der Waals surface area contributed by atoms with Crippen LogP contribution in [-0.4, -0.2) is 36.1 Å². The van der Waals surface area contributed by atoms with E-state index in [4.69, 9.17) is 9.47 Å². The molecule has 0 atom stereocenters. The molecule has 0 aliphatic carbocycles. The highest BCUT2D eigenvalue weighted by atomic mass is 16.5. The monoisotopic (exact) mass is 394 g/mol. The van der Waals surface area contributed by atoms with E-state index in [1.807, 2.05) is 18.2 Å². The first-order valence-corrected chi connectivity index (χ1v) is 9.22. The lowest BCUT2D eigenvalue weighted by Gasteiger charge is -2.08. The van der Waals surface area contributed by atoms with Gasteiger partial charge in [0.15, 0.2) is 6.61 Å². The zero-order valence-corrected chi connectivity index (χ0v) is 16.3. The Bertz CT molecular complexity index is 1040. The van der Waals surface area contributed by atoms with Gasteiger partial charge in [-0.15, -0.1) is 0 Å². The van der Waals surface area contributed by atoms with Crippen LogP contribution in [0.1, 0.15) is 22.8 Å². The minimum absolute atomic E-state index is 0.129. The summed E-state index contributed by atoms with van der Waals surface area (Å²) in [5, 5.41) is 3.37. The van der Waals surface area contributed by atoms with Gasteiger partial charge in [0.1, 0.15) is 6.54 Å². The van der Waals surface area contributed by atoms with Gasteiger partial charge >= 0.3 is 11.9 Å². The smallest absolute Gasteiger partial charge is 0.340 e. The standard InChI is InChI=1S/C22H22N2O5/c1-3-15-8-10-16(11-9-15)23-20(25)14-29-21(26)13-24-12-18(22(27)28-2)17-6-4-5-7-19(17)24/h4-12H,3,13-14H2,1-2H3,(H,23,25). The number of esters is 2. The van der Waals surface area contributed by atoms with Crippen molar-refractivity contribution < 1.29 is 23.9 Å². The van der Waals surface area contributed by atoms with Crippen molar-refractivity contribution >= 4 is 34.4 Å². The van der Waals surface area contributed by atoms with Crippen molar-refractivity contribution in [3.05, 3.63) is 65.9 Å². The maximum atomic E-state index is 12.2. The number of carbonyl (C=O) groups is 3. The van der Waals surface area contributed by atoms with Crippen LogP contribution < -0.4 is 5.32 Å². The number of amides is 1. The number of hydrogen-bond acceptors (Lipinski definition) is 5. The molecule has 29 heavy (non-hydrogen) atoms. The van der Waals surface area contributed by atoms with Crippen LogP contribution in [0.2, 0.25) is 0 Å². The summed E-state index contributed by atoms with van der Waals surface area (Å²) in [5.74, 6) is -1.49. The van der Waals surface area contributed by atoms with E-state index in [0.29, 0.717) is 22.2 Å². The van der Waals surface area contributed by atoms with Gasteiger partial charge in [-0.1, -0.05) is 37.3 Å². The zero-order valence-electron chi connectivity index (χ0n) is 16.3. The van der Waals surface area contributed by atoms with E-state index in [9.17, 15) is 14.4 Å². The van der Waals surface area contributed by atoms with E-state index in [-0.39, 0.29) is 6.54 Å².